The van der Waals surface area contributed by atoms with E-state index < -0.39 is 5.97 Å². The van der Waals surface area contributed by atoms with Gasteiger partial charge < -0.3 is 5.11 Å². The molecule has 3 heteroatoms. The van der Waals surface area contributed by atoms with Crippen molar-refractivity contribution < 1.29 is 11.3 Å². The Morgan fingerprint density at radius 1 is 1.38 bits per heavy atom. The molecule has 2 rings (SSSR count). The van der Waals surface area contributed by atoms with Crippen LogP contribution in [0, 0.1) is 0 Å². The molecule has 0 radical (unpaired) electrons. The summed E-state index contributed by atoms with van der Waals surface area (Å²) in [6.07, 6.45) is 0. The fourth-order valence-electron chi connectivity index (χ4n) is 1.12. The minimum atomic E-state index is -1.17. The van der Waals surface area contributed by atoms with Gasteiger partial charge in [0.2, 0.25) is 0 Å². The molecule has 0 saturated heterocycles. The van der Waals surface area contributed by atoms with E-state index in [1.54, 1.807) is 18.2 Å². The zero-order valence-electron chi connectivity index (χ0n) is 7.69. The molecule has 2 aromatic rings. The van der Waals surface area contributed by atoms with Gasteiger partial charge in [-0.15, -0.1) is 0 Å². The maximum Gasteiger partial charge on any atom is 0.354 e. The molecule has 64 valence electrons. The van der Waals surface area contributed by atoms with Crippen LogP contribution in [0.4, 0.5) is 0 Å². The van der Waals surface area contributed by atoms with Crippen molar-refractivity contribution in [2.45, 2.75) is 0 Å². The summed E-state index contributed by atoms with van der Waals surface area (Å²) < 4.78 is 7.44. The van der Waals surface area contributed by atoms with E-state index in [1.807, 2.05) is 6.07 Å². The van der Waals surface area contributed by atoms with Crippen molar-refractivity contribution in [2.24, 2.45) is 0 Å². The van der Waals surface area contributed by atoms with Gasteiger partial charge in [-0.2, -0.15) is 0 Å². The number of carboxylic acid groups (broad SMARTS) is 1. The fraction of sp³-hybridized carbons (Fsp3) is 0. The highest BCUT2D eigenvalue weighted by Gasteiger charge is 2.03. The number of para-hydroxylation sites is 1. The first-order chi connectivity index (χ1) is 6.68. The first kappa shape index (κ1) is 6.60. The van der Waals surface area contributed by atoms with Gasteiger partial charge in [-0.25, -0.2) is 9.78 Å². The third-order valence-electron chi connectivity index (χ3n) is 1.74. The number of benzene rings is 1. The number of fused-ring (bicyclic) bond motifs is 1. The van der Waals surface area contributed by atoms with E-state index >= 15 is 0 Å². The summed E-state index contributed by atoms with van der Waals surface area (Å²) in [5.41, 5.74) is 0.393. The Morgan fingerprint density at radius 3 is 2.92 bits per heavy atom. The number of aromatic carboxylic acids is 1. The van der Waals surface area contributed by atoms with Crippen LogP contribution in [0.15, 0.2) is 36.4 Å². The van der Waals surface area contributed by atoms with Gasteiger partial charge in [-0.3, -0.25) is 0 Å². The zero-order valence-corrected chi connectivity index (χ0v) is 6.69. The van der Waals surface area contributed by atoms with Gasteiger partial charge in [0, 0.05) is 5.39 Å². The lowest BCUT2D eigenvalue weighted by molar-refractivity contribution is 0.0691. The van der Waals surface area contributed by atoms with Gasteiger partial charge in [0.15, 0.2) is 0 Å². The average Bonchev–Trinajstić information content (AvgIpc) is 2.16. The minimum absolute atomic E-state index is 0.0591. The summed E-state index contributed by atoms with van der Waals surface area (Å²) >= 11 is 0. The summed E-state index contributed by atoms with van der Waals surface area (Å²) in [5, 5.41) is 9.52. The summed E-state index contributed by atoms with van der Waals surface area (Å²) in [6, 6.07) is 8.57. The highest BCUT2D eigenvalue weighted by atomic mass is 16.4. The van der Waals surface area contributed by atoms with Crippen LogP contribution in [-0.2, 0) is 0 Å². The van der Waals surface area contributed by atoms with E-state index in [4.69, 9.17) is 6.48 Å². The van der Waals surface area contributed by atoms with Crippen LogP contribution in [0.5, 0.6) is 0 Å². The monoisotopic (exact) mass is 174 g/mol. The van der Waals surface area contributed by atoms with Crippen LogP contribution < -0.4 is 0 Å². The van der Waals surface area contributed by atoms with Crippen molar-refractivity contribution in [1.82, 2.24) is 4.98 Å². The predicted octanol–water partition coefficient (Wildman–Crippen LogP) is 1.93. The molecule has 1 heterocycles. The number of carboxylic acids is 1. The van der Waals surface area contributed by atoms with Crippen molar-refractivity contribution >= 4 is 16.9 Å². The van der Waals surface area contributed by atoms with Crippen molar-refractivity contribution in [3.05, 3.63) is 42.1 Å². The van der Waals surface area contributed by atoms with Gasteiger partial charge >= 0.3 is 5.97 Å². The van der Waals surface area contributed by atoms with Gasteiger partial charge in [0.1, 0.15) is 5.69 Å². The molecular weight excluding hydrogens is 166 g/mol. The Kier molecular flexibility index (Phi) is 1.45. The molecule has 1 aromatic carbocycles. The molecule has 0 aliphatic carbocycles. The maximum atomic E-state index is 10.7. The number of aromatic nitrogens is 1. The standard InChI is InChI=1S/C10H7NO2/c12-10(13)9-6-5-7-3-1-2-4-8(7)11-9/h1-6H,(H,12,13)/i6D. The third kappa shape index (κ3) is 1.36. The molecule has 0 atom stereocenters. The van der Waals surface area contributed by atoms with Gasteiger partial charge in [0.25, 0.3) is 0 Å². The number of pyridine rings is 1. The quantitative estimate of drug-likeness (QED) is 0.718. The average molecular weight is 174 g/mol. The van der Waals surface area contributed by atoms with E-state index in [0.29, 0.717) is 5.52 Å². The Balaban J connectivity index is 2.77. The number of nitrogens with zero attached hydrogens (tertiary/aromatic N) is 1. The van der Waals surface area contributed by atoms with Crippen LogP contribution in [0.2, 0.25) is 0 Å². The lowest BCUT2D eigenvalue weighted by atomic mass is 10.2. The molecule has 1 N–H and O–H groups in total. The van der Waals surface area contributed by atoms with Crippen molar-refractivity contribution in [3.63, 3.8) is 0 Å². The van der Waals surface area contributed by atoms with Crippen LogP contribution in [-0.4, -0.2) is 16.1 Å². The lowest BCUT2D eigenvalue weighted by Gasteiger charge is -1.97. The zero-order chi connectivity index (χ0) is 10.1. The minimum Gasteiger partial charge on any atom is -0.477 e. The van der Waals surface area contributed by atoms with Gasteiger partial charge in [0.05, 0.1) is 6.89 Å². The third-order valence-corrected chi connectivity index (χ3v) is 1.74. The molecule has 0 fully saturated rings. The van der Waals surface area contributed by atoms with E-state index in [1.165, 1.54) is 6.07 Å². The Morgan fingerprint density at radius 2 is 2.15 bits per heavy atom. The molecule has 13 heavy (non-hydrogen) atoms. The normalized spacial score (nSPS) is 11.2. The van der Waals surface area contributed by atoms with Crippen molar-refractivity contribution in [3.8, 4) is 0 Å². The molecule has 0 saturated carbocycles. The molecule has 0 spiro atoms. The summed E-state index contributed by atoms with van der Waals surface area (Å²) in [7, 11) is 0. The van der Waals surface area contributed by atoms with Crippen LogP contribution in [0.1, 0.15) is 11.9 Å². The van der Waals surface area contributed by atoms with E-state index in [-0.39, 0.29) is 11.7 Å². The first-order valence-electron chi connectivity index (χ1n) is 4.28. The maximum absolute atomic E-state index is 10.7. The van der Waals surface area contributed by atoms with E-state index in [2.05, 4.69) is 4.98 Å². The molecule has 0 bridgehead atoms. The topological polar surface area (TPSA) is 50.2 Å². The number of hydrogen-bond donors (Lipinski definition) is 1. The van der Waals surface area contributed by atoms with E-state index in [0.717, 1.165) is 5.39 Å². The van der Waals surface area contributed by atoms with Crippen LogP contribution in [0.3, 0.4) is 0 Å². The highest BCUT2D eigenvalue weighted by Crippen LogP contribution is 2.11. The van der Waals surface area contributed by atoms with Gasteiger partial charge in [-0.1, -0.05) is 24.3 Å². The number of hydrogen-bond acceptors (Lipinski definition) is 2. The Bertz CT molecular complexity index is 510. The highest BCUT2D eigenvalue weighted by molar-refractivity contribution is 5.89. The summed E-state index contributed by atoms with van der Waals surface area (Å²) in [5.74, 6) is -1.17. The molecule has 0 unspecified atom stereocenters. The molecule has 0 aliphatic heterocycles. The second-order valence-corrected chi connectivity index (χ2v) is 2.61. The lowest BCUT2D eigenvalue weighted by Crippen LogP contribution is -1.99. The molecular formula is C10H7NO2. The second kappa shape index (κ2) is 2.86. The predicted molar refractivity (Wildman–Crippen MR) is 48.7 cm³/mol. The summed E-state index contributed by atoms with van der Waals surface area (Å²) in [4.78, 5) is 14.6. The summed E-state index contributed by atoms with van der Waals surface area (Å²) in [6.45, 7) is 0. The smallest absolute Gasteiger partial charge is 0.354 e. The van der Waals surface area contributed by atoms with E-state index in [9.17, 15) is 4.79 Å². The van der Waals surface area contributed by atoms with Crippen LogP contribution >= 0.6 is 0 Å². The largest absolute Gasteiger partial charge is 0.477 e. The molecule has 3 nitrogen and oxygen atoms in total. The molecule has 1 aromatic heterocycles. The number of rotatable bonds is 1. The first-order valence-corrected chi connectivity index (χ1v) is 3.78. The number of carbonyl (C=O) groups is 1. The Labute approximate surface area is 76.1 Å². The Hall–Kier alpha value is -1.90. The fourth-order valence-corrected chi connectivity index (χ4v) is 1.12. The van der Waals surface area contributed by atoms with Crippen molar-refractivity contribution in [1.29, 1.82) is 0 Å². The second-order valence-electron chi connectivity index (χ2n) is 2.61. The van der Waals surface area contributed by atoms with Gasteiger partial charge in [-0.05, 0) is 12.1 Å². The van der Waals surface area contributed by atoms with Crippen LogP contribution in [0.25, 0.3) is 10.9 Å². The SMILES string of the molecule is [2H]c1cc2ccccc2nc1C(=O)O. The molecule has 0 amide bonds. The molecule has 0 aliphatic rings. The van der Waals surface area contributed by atoms with Crippen molar-refractivity contribution in [2.75, 3.05) is 0 Å².